The number of benzene rings is 2. The lowest BCUT2D eigenvalue weighted by atomic mass is 10.0. The Balaban J connectivity index is 1.33. The summed E-state index contributed by atoms with van der Waals surface area (Å²) in [6, 6.07) is 12.2. The largest absolute Gasteiger partial charge is 0.423 e. The molecule has 1 saturated heterocycles. The van der Waals surface area contributed by atoms with Crippen LogP contribution in [0.5, 0.6) is 0 Å². The van der Waals surface area contributed by atoms with E-state index in [0.29, 0.717) is 19.2 Å². The summed E-state index contributed by atoms with van der Waals surface area (Å²) in [7, 11) is 2.03. The van der Waals surface area contributed by atoms with Crippen molar-refractivity contribution in [2.75, 3.05) is 42.6 Å². The number of morpholine rings is 1. The van der Waals surface area contributed by atoms with Gasteiger partial charge >= 0.3 is 0 Å². The van der Waals surface area contributed by atoms with Gasteiger partial charge in [0.25, 0.3) is 6.01 Å². The van der Waals surface area contributed by atoms with Crippen LogP contribution in [0, 0.1) is 5.82 Å². The van der Waals surface area contributed by atoms with Gasteiger partial charge in [-0.15, -0.1) is 0 Å². The Morgan fingerprint density at radius 2 is 1.90 bits per heavy atom. The van der Waals surface area contributed by atoms with Gasteiger partial charge in [-0.1, -0.05) is 6.07 Å². The highest BCUT2D eigenvalue weighted by Crippen LogP contribution is 2.34. The lowest BCUT2D eigenvalue weighted by molar-refractivity contribution is 0.120. The first-order valence-electron chi connectivity index (χ1n) is 10.4. The molecule has 6 rings (SSSR count). The molecule has 7 heteroatoms. The van der Waals surface area contributed by atoms with E-state index < -0.39 is 0 Å². The lowest BCUT2D eigenvalue weighted by Gasteiger charge is -2.30. The van der Waals surface area contributed by atoms with Crippen LogP contribution in [-0.2, 0) is 24.8 Å². The maximum atomic E-state index is 14.5. The molecule has 2 aromatic carbocycles. The number of nitrogens with zero attached hydrogens (tertiary/aromatic N) is 4. The molecule has 2 aromatic heterocycles. The Labute approximate surface area is 173 Å². The summed E-state index contributed by atoms with van der Waals surface area (Å²) >= 11 is 0. The first-order chi connectivity index (χ1) is 14.7. The number of hydrogen-bond acceptors (Lipinski definition) is 5. The van der Waals surface area contributed by atoms with Crippen LogP contribution in [-0.4, -0.2) is 42.4 Å². The molecule has 2 aliphatic heterocycles. The molecular weight excluding hydrogens is 383 g/mol. The Morgan fingerprint density at radius 1 is 1.03 bits per heavy atom. The molecule has 4 heterocycles. The fraction of sp³-hybridized carbons (Fsp3) is 0.348. The molecule has 0 saturated carbocycles. The Morgan fingerprint density at radius 3 is 2.77 bits per heavy atom. The fourth-order valence-corrected chi connectivity index (χ4v) is 4.77. The van der Waals surface area contributed by atoms with E-state index in [2.05, 4.69) is 26.5 Å². The van der Waals surface area contributed by atoms with E-state index in [1.54, 1.807) is 12.1 Å². The Bertz CT molecular complexity index is 1260. The van der Waals surface area contributed by atoms with E-state index in [0.717, 1.165) is 65.9 Å². The molecule has 0 atom stereocenters. The van der Waals surface area contributed by atoms with Gasteiger partial charge in [0.05, 0.1) is 25.3 Å². The van der Waals surface area contributed by atoms with Crippen LogP contribution >= 0.6 is 0 Å². The SMILES string of the molecule is Cn1c2c(c3c(F)cccc31)CCN(c1ccc3oc(N4CCOCC4)nc3c1)C2. The van der Waals surface area contributed by atoms with Crippen molar-refractivity contribution < 1.29 is 13.5 Å². The topological polar surface area (TPSA) is 46.7 Å². The highest BCUT2D eigenvalue weighted by atomic mass is 19.1. The van der Waals surface area contributed by atoms with Crippen LogP contribution in [0.15, 0.2) is 40.8 Å². The minimum atomic E-state index is -0.127. The first-order valence-corrected chi connectivity index (χ1v) is 10.4. The molecule has 0 N–H and O–H groups in total. The van der Waals surface area contributed by atoms with Gasteiger partial charge in [-0.25, -0.2) is 4.39 Å². The minimum Gasteiger partial charge on any atom is -0.423 e. The van der Waals surface area contributed by atoms with Gasteiger partial charge in [0.15, 0.2) is 5.58 Å². The van der Waals surface area contributed by atoms with Crippen molar-refractivity contribution in [3.63, 3.8) is 0 Å². The number of halogens is 1. The van der Waals surface area contributed by atoms with Crippen molar-refractivity contribution >= 4 is 33.7 Å². The summed E-state index contributed by atoms with van der Waals surface area (Å²) in [6.07, 6.45) is 0.823. The molecule has 0 bridgehead atoms. The van der Waals surface area contributed by atoms with Gasteiger partial charge in [0.1, 0.15) is 11.3 Å². The van der Waals surface area contributed by atoms with Crippen molar-refractivity contribution in [3.05, 3.63) is 53.5 Å². The zero-order chi connectivity index (χ0) is 20.2. The molecule has 0 aliphatic carbocycles. The second-order valence-electron chi connectivity index (χ2n) is 8.04. The molecule has 0 spiro atoms. The van der Waals surface area contributed by atoms with Crippen LogP contribution in [0.1, 0.15) is 11.3 Å². The van der Waals surface area contributed by atoms with E-state index in [1.165, 1.54) is 5.69 Å². The highest BCUT2D eigenvalue weighted by Gasteiger charge is 2.25. The van der Waals surface area contributed by atoms with Crippen molar-refractivity contribution in [3.8, 4) is 0 Å². The lowest BCUT2D eigenvalue weighted by Crippen LogP contribution is -2.36. The number of rotatable bonds is 2. The molecule has 2 aliphatic rings. The summed E-state index contributed by atoms with van der Waals surface area (Å²) in [5, 5.41) is 0.775. The van der Waals surface area contributed by atoms with Crippen molar-refractivity contribution in [2.24, 2.45) is 7.05 Å². The zero-order valence-electron chi connectivity index (χ0n) is 16.9. The van der Waals surface area contributed by atoms with E-state index >= 15 is 0 Å². The van der Waals surface area contributed by atoms with Crippen LogP contribution in [0.4, 0.5) is 16.1 Å². The molecule has 4 aromatic rings. The van der Waals surface area contributed by atoms with Crippen LogP contribution in [0.25, 0.3) is 22.0 Å². The predicted molar refractivity (Wildman–Crippen MR) is 115 cm³/mol. The molecular formula is C23H23FN4O2. The van der Waals surface area contributed by atoms with Gasteiger partial charge in [-0.3, -0.25) is 0 Å². The van der Waals surface area contributed by atoms with Gasteiger partial charge in [0.2, 0.25) is 0 Å². The number of aryl methyl sites for hydroxylation is 1. The molecule has 30 heavy (non-hydrogen) atoms. The molecule has 0 amide bonds. The van der Waals surface area contributed by atoms with Gasteiger partial charge < -0.3 is 23.5 Å². The highest BCUT2D eigenvalue weighted by molar-refractivity contribution is 5.87. The summed E-state index contributed by atoms with van der Waals surface area (Å²) < 4.78 is 28.0. The third-order valence-electron chi connectivity index (χ3n) is 6.39. The fourth-order valence-electron chi connectivity index (χ4n) is 4.77. The number of ether oxygens (including phenoxy) is 1. The van der Waals surface area contributed by atoms with Gasteiger partial charge in [-0.2, -0.15) is 4.98 Å². The Hall–Kier alpha value is -3.06. The summed E-state index contributed by atoms with van der Waals surface area (Å²) in [4.78, 5) is 9.18. The number of hydrogen-bond donors (Lipinski definition) is 0. The zero-order valence-corrected chi connectivity index (χ0v) is 16.9. The number of fused-ring (bicyclic) bond motifs is 4. The molecule has 154 valence electrons. The van der Waals surface area contributed by atoms with Crippen LogP contribution in [0.3, 0.4) is 0 Å². The average Bonchev–Trinajstić information content (AvgIpc) is 3.34. The number of anilines is 2. The average molecular weight is 406 g/mol. The van der Waals surface area contributed by atoms with E-state index in [4.69, 9.17) is 14.1 Å². The molecule has 1 fully saturated rings. The van der Waals surface area contributed by atoms with E-state index in [-0.39, 0.29) is 5.82 Å². The predicted octanol–water partition coefficient (Wildman–Crippen LogP) is 3.86. The summed E-state index contributed by atoms with van der Waals surface area (Å²) in [5.74, 6) is -0.127. The Kier molecular flexibility index (Phi) is 3.99. The monoisotopic (exact) mass is 406 g/mol. The van der Waals surface area contributed by atoms with Crippen molar-refractivity contribution in [1.29, 1.82) is 0 Å². The maximum absolute atomic E-state index is 14.5. The second kappa shape index (κ2) is 6.74. The molecule has 6 nitrogen and oxygen atoms in total. The van der Waals surface area contributed by atoms with Gasteiger partial charge in [0, 0.05) is 43.4 Å². The quantitative estimate of drug-likeness (QED) is 0.506. The minimum absolute atomic E-state index is 0.127. The molecule has 0 unspecified atom stereocenters. The van der Waals surface area contributed by atoms with Crippen molar-refractivity contribution in [2.45, 2.75) is 13.0 Å². The van der Waals surface area contributed by atoms with Crippen molar-refractivity contribution in [1.82, 2.24) is 9.55 Å². The van der Waals surface area contributed by atoms with E-state index in [1.807, 2.05) is 19.2 Å². The maximum Gasteiger partial charge on any atom is 0.298 e. The summed E-state index contributed by atoms with van der Waals surface area (Å²) in [5.41, 5.74) is 6.05. The smallest absolute Gasteiger partial charge is 0.298 e. The first kappa shape index (κ1) is 17.8. The van der Waals surface area contributed by atoms with Crippen LogP contribution in [0.2, 0.25) is 0 Å². The standard InChI is InChI=1S/C23H23FN4O2/c1-26-19-4-2-3-17(24)22(19)16-7-8-28(14-20(16)26)15-5-6-21-18(13-15)25-23(30-21)27-9-11-29-12-10-27/h2-6,13H,7-12,14H2,1H3. The molecule has 0 radical (unpaired) electrons. The number of aromatic nitrogens is 2. The second-order valence-corrected chi connectivity index (χ2v) is 8.04. The van der Waals surface area contributed by atoms with Crippen LogP contribution < -0.4 is 9.80 Å². The van der Waals surface area contributed by atoms with Gasteiger partial charge in [-0.05, 0) is 42.3 Å². The number of oxazole rings is 1. The third kappa shape index (κ3) is 2.69. The van der Waals surface area contributed by atoms with E-state index in [9.17, 15) is 4.39 Å². The normalized spacial score (nSPS) is 17.1. The third-order valence-corrected chi connectivity index (χ3v) is 6.39. The summed E-state index contributed by atoms with van der Waals surface area (Å²) in [6.45, 7) is 4.59.